The number of benzene rings is 3. The van der Waals surface area contributed by atoms with E-state index in [0.29, 0.717) is 5.02 Å². The average molecular weight is 544 g/mol. The molecule has 1 fully saturated rings. The van der Waals surface area contributed by atoms with Crippen LogP contribution in [0.3, 0.4) is 0 Å². The number of carbonyl (C=O) groups excluding carboxylic acids is 5. The van der Waals surface area contributed by atoms with Gasteiger partial charge in [0.1, 0.15) is 6.54 Å². The molecule has 1 saturated heterocycles. The molecule has 4 amide bonds. The van der Waals surface area contributed by atoms with Crippen molar-refractivity contribution < 1.29 is 28.7 Å². The van der Waals surface area contributed by atoms with Gasteiger partial charge in [0.05, 0.1) is 11.8 Å². The lowest BCUT2D eigenvalue weighted by molar-refractivity contribution is -0.155. The number of ether oxygens (including phenoxy) is 1. The van der Waals surface area contributed by atoms with E-state index in [4.69, 9.17) is 16.3 Å². The predicted octanol–water partition coefficient (Wildman–Crippen LogP) is 2.54. The number of esters is 1. The van der Waals surface area contributed by atoms with Crippen LogP contribution in [0, 0.1) is 11.8 Å². The second-order valence-corrected chi connectivity index (χ2v) is 10.1. The highest BCUT2D eigenvalue weighted by atomic mass is 35.5. The van der Waals surface area contributed by atoms with Crippen molar-refractivity contribution >= 4 is 41.2 Å². The van der Waals surface area contributed by atoms with Gasteiger partial charge in [-0.1, -0.05) is 60.1 Å². The van der Waals surface area contributed by atoms with E-state index in [1.807, 2.05) is 48.5 Å². The van der Waals surface area contributed by atoms with Crippen LogP contribution >= 0.6 is 11.6 Å². The minimum atomic E-state index is -0.906. The van der Waals surface area contributed by atoms with Crippen LogP contribution in [0.5, 0.6) is 0 Å². The normalized spacial score (nSPS) is 22.0. The molecular weight excluding hydrogens is 522 g/mol. The van der Waals surface area contributed by atoms with Crippen LogP contribution < -0.4 is 10.9 Å². The van der Waals surface area contributed by atoms with E-state index in [-0.39, 0.29) is 17.4 Å². The molecule has 3 aromatic rings. The molecule has 3 aliphatic carbocycles. The van der Waals surface area contributed by atoms with Gasteiger partial charge < -0.3 is 4.74 Å². The maximum Gasteiger partial charge on any atom is 0.326 e. The number of carbonyl (C=O) groups is 5. The molecule has 2 N–H and O–H groups in total. The van der Waals surface area contributed by atoms with Gasteiger partial charge in [-0.05, 0) is 46.5 Å². The van der Waals surface area contributed by atoms with Gasteiger partial charge in [-0.3, -0.25) is 39.7 Å². The van der Waals surface area contributed by atoms with Gasteiger partial charge in [-0.2, -0.15) is 0 Å². The second-order valence-electron chi connectivity index (χ2n) is 9.70. The van der Waals surface area contributed by atoms with Crippen molar-refractivity contribution in [2.45, 2.75) is 11.8 Å². The lowest BCUT2D eigenvalue weighted by Gasteiger charge is -2.45. The van der Waals surface area contributed by atoms with Gasteiger partial charge in [-0.15, -0.1) is 0 Å². The Morgan fingerprint density at radius 2 is 1.23 bits per heavy atom. The number of likely N-dealkylation sites (tertiary alicyclic amines) is 1. The van der Waals surface area contributed by atoms with Crippen LogP contribution in [0.25, 0.3) is 0 Å². The summed E-state index contributed by atoms with van der Waals surface area (Å²) in [6.07, 6.45) is 0. The molecule has 10 heteroatoms. The van der Waals surface area contributed by atoms with Crippen molar-refractivity contribution in [3.63, 3.8) is 0 Å². The summed E-state index contributed by atoms with van der Waals surface area (Å²) in [5.74, 6) is -4.88. The summed E-state index contributed by atoms with van der Waals surface area (Å²) in [4.78, 5) is 64.7. The fourth-order valence-electron chi connectivity index (χ4n) is 6.05. The molecule has 2 atom stereocenters. The van der Waals surface area contributed by atoms with E-state index < -0.39 is 54.6 Å². The number of rotatable bonds is 5. The molecular formula is C29H22ClN3O6. The standard InChI is InChI=1S/C29H22ClN3O6/c30-16-11-9-15(10-12-16)27(36)32-31-21(34)14-39-22(35)13-33-28(37)25-23-17-5-1-2-6-18(17)24(26(25)29(33)38)20-8-4-3-7-19(20)23/h1-12,23-26H,13-14H2,(H,31,34)(H,32,36)/t23?,24?,25-,26+. The van der Waals surface area contributed by atoms with E-state index in [9.17, 15) is 24.0 Å². The number of amides is 4. The molecule has 4 aliphatic rings. The minimum Gasteiger partial charge on any atom is -0.454 e. The first-order chi connectivity index (χ1) is 18.8. The molecule has 1 aliphatic heterocycles. The molecule has 0 aromatic heterocycles. The zero-order valence-electron chi connectivity index (χ0n) is 20.4. The van der Waals surface area contributed by atoms with E-state index in [0.717, 1.165) is 27.2 Å². The summed E-state index contributed by atoms with van der Waals surface area (Å²) in [5.41, 5.74) is 8.75. The monoisotopic (exact) mass is 543 g/mol. The van der Waals surface area contributed by atoms with E-state index in [1.54, 1.807) is 0 Å². The van der Waals surface area contributed by atoms with Crippen molar-refractivity contribution in [2.75, 3.05) is 13.2 Å². The Labute approximate surface area is 228 Å². The Bertz CT molecular complexity index is 1420. The number of nitrogens with one attached hydrogen (secondary N) is 2. The summed E-state index contributed by atoms with van der Waals surface area (Å²) in [6.45, 7) is -1.30. The second kappa shape index (κ2) is 9.67. The molecule has 39 heavy (non-hydrogen) atoms. The fraction of sp³-hybridized carbons (Fsp3) is 0.207. The predicted molar refractivity (Wildman–Crippen MR) is 138 cm³/mol. The van der Waals surface area contributed by atoms with Crippen LogP contribution in [0.2, 0.25) is 5.02 Å². The van der Waals surface area contributed by atoms with Crippen molar-refractivity contribution in [3.05, 3.63) is 106 Å². The van der Waals surface area contributed by atoms with Crippen molar-refractivity contribution in [1.82, 2.24) is 15.8 Å². The Balaban J connectivity index is 1.10. The molecule has 0 saturated carbocycles. The fourth-order valence-corrected chi connectivity index (χ4v) is 6.18. The zero-order chi connectivity index (χ0) is 27.3. The van der Waals surface area contributed by atoms with Gasteiger partial charge in [0.25, 0.3) is 11.8 Å². The molecule has 1 heterocycles. The molecule has 0 spiro atoms. The van der Waals surface area contributed by atoms with E-state index >= 15 is 0 Å². The van der Waals surface area contributed by atoms with Crippen LogP contribution in [-0.4, -0.2) is 47.6 Å². The summed E-state index contributed by atoms with van der Waals surface area (Å²) in [6, 6.07) is 21.7. The van der Waals surface area contributed by atoms with E-state index in [1.165, 1.54) is 24.3 Å². The SMILES string of the molecule is O=C(COC(=O)CN1C(=O)[C@@H]2C3c4ccccc4C(c4ccccc43)[C@@H]2C1=O)NNC(=O)c1ccc(Cl)cc1. The van der Waals surface area contributed by atoms with Crippen LogP contribution in [0.15, 0.2) is 72.8 Å². The molecule has 3 aromatic carbocycles. The van der Waals surface area contributed by atoms with Gasteiger partial charge in [0.15, 0.2) is 6.61 Å². The highest BCUT2D eigenvalue weighted by molar-refractivity contribution is 6.30. The third-order valence-electron chi connectivity index (χ3n) is 7.61. The number of hydrogen-bond acceptors (Lipinski definition) is 6. The first-order valence-corrected chi connectivity index (χ1v) is 12.8. The topological polar surface area (TPSA) is 122 Å². The lowest BCUT2D eigenvalue weighted by Crippen LogP contribution is -2.44. The van der Waals surface area contributed by atoms with Gasteiger partial charge in [0, 0.05) is 22.4 Å². The summed E-state index contributed by atoms with van der Waals surface area (Å²) >= 11 is 5.79. The molecule has 9 nitrogen and oxygen atoms in total. The quantitative estimate of drug-likeness (QED) is 0.290. The Morgan fingerprint density at radius 1 is 0.744 bits per heavy atom. The van der Waals surface area contributed by atoms with Crippen LogP contribution in [0.4, 0.5) is 0 Å². The van der Waals surface area contributed by atoms with Crippen LogP contribution in [-0.2, 0) is 23.9 Å². The highest BCUT2D eigenvalue weighted by Crippen LogP contribution is 2.60. The van der Waals surface area contributed by atoms with Crippen molar-refractivity contribution in [3.8, 4) is 0 Å². The maximum absolute atomic E-state index is 13.5. The Morgan fingerprint density at radius 3 is 1.72 bits per heavy atom. The average Bonchev–Trinajstić information content (AvgIpc) is 3.20. The largest absolute Gasteiger partial charge is 0.454 e. The lowest BCUT2D eigenvalue weighted by atomic mass is 9.55. The summed E-state index contributed by atoms with van der Waals surface area (Å²) < 4.78 is 5.00. The smallest absolute Gasteiger partial charge is 0.326 e. The maximum atomic E-state index is 13.5. The summed E-state index contributed by atoms with van der Waals surface area (Å²) in [7, 11) is 0. The highest BCUT2D eigenvalue weighted by Gasteiger charge is 2.61. The number of nitrogens with zero attached hydrogens (tertiary/aromatic N) is 1. The van der Waals surface area contributed by atoms with E-state index in [2.05, 4.69) is 10.9 Å². The van der Waals surface area contributed by atoms with Gasteiger partial charge in [0.2, 0.25) is 11.8 Å². The zero-order valence-corrected chi connectivity index (χ0v) is 21.2. The number of hydrazine groups is 1. The molecule has 196 valence electrons. The first kappa shape index (κ1) is 24.8. The molecule has 0 unspecified atom stereocenters. The number of imide groups is 1. The third-order valence-corrected chi connectivity index (χ3v) is 7.87. The first-order valence-electron chi connectivity index (χ1n) is 12.4. The van der Waals surface area contributed by atoms with Crippen molar-refractivity contribution in [2.24, 2.45) is 11.8 Å². The molecule has 2 bridgehead atoms. The Hall–Kier alpha value is -4.50. The van der Waals surface area contributed by atoms with Crippen LogP contribution in [0.1, 0.15) is 44.4 Å². The van der Waals surface area contributed by atoms with Gasteiger partial charge >= 0.3 is 5.97 Å². The number of halogens is 1. The molecule has 0 radical (unpaired) electrons. The minimum absolute atomic E-state index is 0.266. The van der Waals surface area contributed by atoms with Gasteiger partial charge in [-0.25, -0.2) is 0 Å². The summed E-state index contributed by atoms with van der Waals surface area (Å²) in [5, 5.41) is 0.457. The number of hydrogen-bond donors (Lipinski definition) is 2. The Kier molecular flexibility index (Phi) is 6.15. The molecule has 7 rings (SSSR count). The third kappa shape index (κ3) is 4.15. The van der Waals surface area contributed by atoms with Crippen molar-refractivity contribution in [1.29, 1.82) is 0 Å².